The van der Waals surface area contributed by atoms with Crippen LogP contribution in [0, 0.1) is 0 Å². The number of ether oxygens (including phenoxy) is 1. The summed E-state index contributed by atoms with van der Waals surface area (Å²) < 4.78 is 6.41. The number of fused-ring (bicyclic) bond motifs is 1. The number of nitrogens with zero attached hydrogens (tertiary/aromatic N) is 2. The Hall–Kier alpha value is -1.88. The third-order valence-electron chi connectivity index (χ3n) is 3.13. The van der Waals surface area contributed by atoms with E-state index in [-0.39, 0.29) is 23.8 Å². The van der Waals surface area contributed by atoms with E-state index in [0.29, 0.717) is 36.3 Å². The molecule has 5 nitrogen and oxygen atoms in total. The Morgan fingerprint density at radius 3 is 2.86 bits per heavy atom. The second-order valence-corrected chi connectivity index (χ2v) is 4.81. The molecule has 0 aliphatic rings. The Labute approximate surface area is 127 Å². The quantitative estimate of drug-likeness (QED) is 0.607. The SMILES string of the molecule is CCOC(=O)CCCn1c(CCl)nc2ccccc2c1=O. The van der Waals surface area contributed by atoms with Gasteiger partial charge in [0.1, 0.15) is 5.82 Å². The number of hydrogen-bond donors (Lipinski definition) is 0. The van der Waals surface area contributed by atoms with Crippen molar-refractivity contribution in [1.82, 2.24) is 9.55 Å². The predicted molar refractivity (Wildman–Crippen MR) is 81.4 cm³/mol. The van der Waals surface area contributed by atoms with E-state index in [2.05, 4.69) is 4.98 Å². The van der Waals surface area contributed by atoms with Gasteiger partial charge in [-0.15, -0.1) is 11.6 Å². The third kappa shape index (κ3) is 3.61. The summed E-state index contributed by atoms with van der Waals surface area (Å²) in [6.45, 7) is 2.53. The average molecular weight is 309 g/mol. The van der Waals surface area contributed by atoms with Crippen molar-refractivity contribution in [1.29, 1.82) is 0 Å². The van der Waals surface area contributed by atoms with E-state index in [9.17, 15) is 9.59 Å². The van der Waals surface area contributed by atoms with Crippen LogP contribution < -0.4 is 5.56 Å². The molecule has 0 radical (unpaired) electrons. The summed E-state index contributed by atoms with van der Waals surface area (Å²) in [5, 5.41) is 0.558. The van der Waals surface area contributed by atoms with Crippen molar-refractivity contribution < 1.29 is 9.53 Å². The Kier molecular flexibility index (Phi) is 5.33. The summed E-state index contributed by atoms with van der Waals surface area (Å²) in [6, 6.07) is 7.16. The van der Waals surface area contributed by atoms with Crippen molar-refractivity contribution in [2.75, 3.05) is 6.61 Å². The molecule has 1 heterocycles. The van der Waals surface area contributed by atoms with Gasteiger partial charge in [0.05, 0.1) is 23.4 Å². The van der Waals surface area contributed by atoms with E-state index < -0.39 is 0 Å². The molecule has 0 unspecified atom stereocenters. The zero-order chi connectivity index (χ0) is 15.2. The number of aromatic nitrogens is 2. The number of esters is 1. The molecule has 6 heteroatoms. The Morgan fingerprint density at radius 1 is 1.38 bits per heavy atom. The van der Waals surface area contributed by atoms with Crippen molar-refractivity contribution in [2.45, 2.75) is 32.2 Å². The first kappa shape index (κ1) is 15.5. The molecule has 0 spiro atoms. The lowest BCUT2D eigenvalue weighted by Crippen LogP contribution is -2.25. The van der Waals surface area contributed by atoms with E-state index in [1.54, 1.807) is 25.1 Å². The highest BCUT2D eigenvalue weighted by Gasteiger charge is 2.10. The van der Waals surface area contributed by atoms with E-state index in [4.69, 9.17) is 16.3 Å². The summed E-state index contributed by atoms with van der Waals surface area (Å²) in [5.74, 6) is 0.412. The fourth-order valence-electron chi connectivity index (χ4n) is 2.16. The van der Waals surface area contributed by atoms with Gasteiger partial charge in [-0.2, -0.15) is 0 Å². The lowest BCUT2D eigenvalue weighted by atomic mass is 10.2. The maximum atomic E-state index is 12.5. The number of carbonyl (C=O) groups is 1. The molecule has 0 aliphatic heterocycles. The topological polar surface area (TPSA) is 61.2 Å². The third-order valence-corrected chi connectivity index (χ3v) is 3.37. The van der Waals surface area contributed by atoms with Crippen molar-refractivity contribution in [3.8, 4) is 0 Å². The van der Waals surface area contributed by atoms with Gasteiger partial charge in [0, 0.05) is 13.0 Å². The van der Waals surface area contributed by atoms with Crippen LogP contribution in [0.5, 0.6) is 0 Å². The molecule has 112 valence electrons. The summed E-state index contributed by atoms with van der Waals surface area (Å²) >= 11 is 5.88. The summed E-state index contributed by atoms with van der Waals surface area (Å²) in [4.78, 5) is 28.2. The second kappa shape index (κ2) is 7.22. The van der Waals surface area contributed by atoms with Crippen LogP contribution >= 0.6 is 11.6 Å². The fraction of sp³-hybridized carbons (Fsp3) is 0.400. The van der Waals surface area contributed by atoms with E-state index in [0.717, 1.165) is 0 Å². The number of halogens is 1. The molecule has 0 amide bonds. The predicted octanol–water partition coefficient (Wildman–Crippen LogP) is 2.48. The molecule has 0 saturated carbocycles. The Morgan fingerprint density at radius 2 is 2.14 bits per heavy atom. The van der Waals surface area contributed by atoms with E-state index >= 15 is 0 Å². The highest BCUT2D eigenvalue weighted by molar-refractivity contribution is 6.16. The zero-order valence-electron chi connectivity index (χ0n) is 11.8. The maximum Gasteiger partial charge on any atom is 0.305 e. The van der Waals surface area contributed by atoms with Crippen LogP contribution in [-0.4, -0.2) is 22.1 Å². The second-order valence-electron chi connectivity index (χ2n) is 4.54. The number of carbonyl (C=O) groups excluding carboxylic acids is 1. The first-order chi connectivity index (χ1) is 10.2. The molecule has 0 fully saturated rings. The first-order valence-corrected chi connectivity index (χ1v) is 7.41. The number of benzene rings is 1. The van der Waals surface area contributed by atoms with Crippen LogP contribution in [0.2, 0.25) is 0 Å². The molecule has 0 saturated heterocycles. The van der Waals surface area contributed by atoms with Crippen molar-refractivity contribution >= 4 is 28.5 Å². The highest BCUT2D eigenvalue weighted by Crippen LogP contribution is 2.10. The van der Waals surface area contributed by atoms with E-state index in [1.165, 1.54) is 4.57 Å². The zero-order valence-corrected chi connectivity index (χ0v) is 12.6. The molecule has 2 rings (SSSR count). The molecule has 0 bridgehead atoms. The number of hydrogen-bond acceptors (Lipinski definition) is 4. The molecule has 2 aromatic rings. The first-order valence-electron chi connectivity index (χ1n) is 6.87. The minimum Gasteiger partial charge on any atom is -0.466 e. The largest absolute Gasteiger partial charge is 0.466 e. The number of rotatable bonds is 6. The van der Waals surface area contributed by atoms with Crippen LogP contribution in [-0.2, 0) is 22.0 Å². The van der Waals surface area contributed by atoms with Gasteiger partial charge in [-0.3, -0.25) is 14.2 Å². The smallest absolute Gasteiger partial charge is 0.305 e. The van der Waals surface area contributed by atoms with Gasteiger partial charge in [0.25, 0.3) is 5.56 Å². The lowest BCUT2D eigenvalue weighted by Gasteiger charge is -2.11. The van der Waals surface area contributed by atoms with Crippen molar-refractivity contribution in [3.05, 3.63) is 40.4 Å². The minimum absolute atomic E-state index is 0.125. The van der Waals surface area contributed by atoms with Crippen molar-refractivity contribution in [3.63, 3.8) is 0 Å². The molecular formula is C15H17ClN2O3. The van der Waals surface area contributed by atoms with Gasteiger partial charge < -0.3 is 4.74 Å². The van der Waals surface area contributed by atoms with E-state index in [1.807, 2.05) is 6.07 Å². The average Bonchev–Trinajstić information content (AvgIpc) is 2.49. The minimum atomic E-state index is -0.258. The van der Waals surface area contributed by atoms with Crippen LogP contribution in [0.25, 0.3) is 10.9 Å². The molecule has 1 aromatic carbocycles. The van der Waals surface area contributed by atoms with Crippen LogP contribution in [0.4, 0.5) is 0 Å². The van der Waals surface area contributed by atoms with Gasteiger partial charge >= 0.3 is 5.97 Å². The number of alkyl halides is 1. The highest BCUT2D eigenvalue weighted by atomic mass is 35.5. The van der Waals surface area contributed by atoms with Gasteiger partial charge in [-0.25, -0.2) is 4.98 Å². The fourth-order valence-corrected chi connectivity index (χ4v) is 2.37. The molecule has 1 aromatic heterocycles. The summed E-state index contributed by atoms with van der Waals surface area (Å²) in [6.07, 6.45) is 0.789. The normalized spacial score (nSPS) is 10.8. The maximum absolute atomic E-state index is 12.5. The Balaban J connectivity index is 2.24. The standard InChI is InChI=1S/C15H17ClN2O3/c1-2-21-14(19)8-5-9-18-13(10-16)17-12-7-4-3-6-11(12)15(18)20/h3-4,6-7H,2,5,8-10H2,1H3. The number of para-hydroxylation sites is 1. The van der Waals surface area contributed by atoms with Gasteiger partial charge in [0.15, 0.2) is 0 Å². The summed E-state index contributed by atoms with van der Waals surface area (Å²) in [5.41, 5.74) is 0.514. The van der Waals surface area contributed by atoms with Crippen LogP contribution in [0.3, 0.4) is 0 Å². The van der Waals surface area contributed by atoms with Gasteiger partial charge in [0.2, 0.25) is 0 Å². The monoisotopic (exact) mass is 308 g/mol. The molecular weight excluding hydrogens is 292 g/mol. The molecule has 21 heavy (non-hydrogen) atoms. The molecule has 0 aliphatic carbocycles. The van der Waals surface area contributed by atoms with Gasteiger partial charge in [-0.05, 0) is 25.5 Å². The van der Waals surface area contributed by atoms with Crippen LogP contribution in [0.1, 0.15) is 25.6 Å². The van der Waals surface area contributed by atoms with Gasteiger partial charge in [-0.1, -0.05) is 12.1 Å². The van der Waals surface area contributed by atoms with Crippen LogP contribution in [0.15, 0.2) is 29.1 Å². The summed E-state index contributed by atoms with van der Waals surface area (Å²) in [7, 11) is 0. The lowest BCUT2D eigenvalue weighted by molar-refractivity contribution is -0.143. The van der Waals surface area contributed by atoms with Crippen molar-refractivity contribution in [2.24, 2.45) is 0 Å². The Bertz CT molecular complexity index is 697. The molecule has 0 N–H and O–H groups in total. The molecule has 0 atom stereocenters.